The molecule has 59 valence electrons. The Bertz CT molecular complexity index is 349. The quantitative estimate of drug-likeness (QED) is 0.536. The number of aromatic nitrogens is 2. The average Bonchev–Trinajstić information content (AvgIpc) is 2.32. The van der Waals surface area contributed by atoms with Crippen LogP contribution in [0.2, 0.25) is 0 Å². The van der Waals surface area contributed by atoms with Crippen molar-refractivity contribution in [3.8, 4) is 0 Å². The molecule has 0 spiro atoms. The van der Waals surface area contributed by atoms with E-state index in [4.69, 9.17) is 7.49 Å². The van der Waals surface area contributed by atoms with Gasteiger partial charge in [-0.2, -0.15) is 0 Å². The van der Waals surface area contributed by atoms with Crippen LogP contribution in [0.25, 0.3) is 0 Å². The SMILES string of the molecule is [B]=C1Nc2c(C)ncnc2N1C. The van der Waals surface area contributed by atoms with Crippen LogP contribution in [-0.2, 0) is 0 Å². The zero-order chi connectivity index (χ0) is 8.72. The fraction of sp³-hybridized carbons (Fsp3) is 0.286. The first-order valence-corrected chi connectivity index (χ1v) is 3.65. The third-order valence-corrected chi connectivity index (χ3v) is 1.95. The van der Waals surface area contributed by atoms with Gasteiger partial charge in [-0.3, -0.25) is 0 Å². The molecule has 2 rings (SSSR count). The van der Waals surface area contributed by atoms with Crippen LogP contribution in [0.1, 0.15) is 5.69 Å². The average molecular weight is 159 g/mol. The van der Waals surface area contributed by atoms with Crippen molar-refractivity contribution in [2.24, 2.45) is 0 Å². The number of nitrogens with zero attached hydrogens (tertiary/aromatic N) is 3. The van der Waals surface area contributed by atoms with Crippen molar-refractivity contribution in [2.45, 2.75) is 6.92 Å². The molecule has 0 amide bonds. The van der Waals surface area contributed by atoms with Crippen LogP contribution < -0.4 is 10.2 Å². The third-order valence-electron chi connectivity index (χ3n) is 1.95. The summed E-state index contributed by atoms with van der Waals surface area (Å²) in [5.74, 6) is 0.833. The molecule has 0 aliphatic carbocycles. The first-order valence-electron chi connectivity index (χ1n) is 3.65. The van der Waals surface area contributed by atoms with Crippen LogP contribution in [0.5, 0.6) is 0 Å². The van der Waals surface area contributed by atoms with E-state index >= 15 is 0 Å². The molecule has 5 heteroatoms. The van der Waals surface area contributed by atoms with Gasteiger partial charge in [-0.1, -0.05) is 0 Å². The van der Waals surface area contributed by atoms with Crippen LogP contribution in [0.15, 0.2) is 6.33 Å². The molecule has 1 aliphatic heterocycles. The van der Waals surface area contributed by atoms with E-state index in [-0.39, 0.29) is 0 Å². The van der Waals surface area contributed by atoms with Crippen molar-refractivity contribution in [1.82, 2.24) is 9.97 Å². The summed E-state index contributed by atoms with van der Waals surface area (Å²) in [6.07, 6.45) is 1.53. The Labute approximate surface area is 71.7 Å². The molecule has 1 aromatic rings. The van der Waals surface area contributed by atoms with Crippen LogP contribution in [0, 0.1) is 6.92 Å². The van der Waals surface area contributed by atoms with Crippen molar-refractivity contribution < 1.29 is 0 Å². The molecule has 2 heterocycles. The van der Waals surface area contributed by atoms with Crippen molar-refractivity contribution in [2.75, 3.05) is 17.3 Å². The number of anilines is 2. The van der Waals surface area contributed by atoms with Crippen LogP contribution in [0.3, 0.4) is 0 Å². The summed E-state index contributed by atoms with van der Waals surface area (Å²) in [4.78, 5) is 9.95. The maximum atomic E-state index is 5.66. The molecule has 0 atom stereocenters. The third kappa shape index (κ3) is 0.824. The number of aryl methyl sites for hydroxylation is 1. The van der Waals surface area contributed by atoms with E-state index in [2.05, 4.69) is 15.3 Å². The Balaban J connectivity index is 2.60. The summed E-state index contributed by atoms with van der Waals surface area (Å²) >= 11 is 0. The van der Waals surface area contributed by atoms with Crippen LogP contribution in [-0.4, -0.2) is 30.2 Å². The molecule has 0 fully saturated rings. The molecule has 0 bridgehead atoms. The Morgan fingerprint density at radius 1 is 1.50 bits per heavy atom. The summed E-state index contributed by atoms with van der Waals surface area (Å²) in [5.41, 5.74) is 2.40. The van der Waals surface area contributed by atoms with Gasteiger partial charge in [0.05, 0.1) is 0 Å². The molecule has 1 N–H and O–H groups in total. The second-order valence-electron chi connectivity index (χ2n) is 2.73. The Kier molecular flexibility index (Phi) is 1.39. The van der Waals surface area contributed by atoms with Gasteiger partial charge in [-0.05, 0) is 0 Å². The topological polar surface area (TPSA) is 41.1 Å². The van der Waals surface area contributed by atoms with Gasteiger partial charge >= 0.3 is 70.9 Å². The van der Waals surface area contributed by atoms with Crippen molar-refractivity contribution >= 4 is 24.7 Å². The van der Waals surface area contributed by atoms with Crippen LogP contribution in [0.4, 0.5) is 11.5 Å². The Hall–Kier alpha value is -1.39. The predicted molar refractivity (Wildman–Crippen MR) is 49.6 cm³/mol. The summed E-state index contributed by atoms with van der Waals surface area (Å²) in [7, 11) is 7.52. The van der Waals surface area contributed by atoms with E-state index in [0.29, 0.717) is 5.71 Å². The Morgan fingerprint density at radius 2 is 2.25 bits per heavy atom. The number of rotatable bonds is 0. The fourth-order valence-corrected chi connectivity index (χ4v) is 1.19. The molecular formula is C7H8BN4. The second kappa shape index (κ2) is 2.30. The summed E-state index contributed by atoms with van der Waals surface area (Å²) in [6.45, 7) is 1.92. The van der Waals surface area contributed by atoms with Crippen molar-refractivity contribution in [1.29, 1.82) is 0 Å². The normalized spacial score (nSPS) is 14.4. The maximum absolute atomic E-state index is 5.66. The van der Waals surface area contributed by atoms with E-state index in [0.717, 1.165) is 17.2 Å². The Morgan fingerprint density at radius 3 is 2.92 bits per heavy atom. The van der Waals surface area contributed by atoms with E-state index < -0.39 is 0 Å². The van der Waals surface area contributed by atoms with Gasteiger partial charge in [0.15, 0.2) is 0 Å². The van der Waals surface area contributed by atoms with E-state index in [9.17, 15) is 0 Å². The van der Waals surface area contributed by atoms with Crippen molar-refractivity contribution in [3.05, 3.63) is 12.0 Å². The van der Waals surface area contributed by atoms with Gasteiger partial charge in [0.25, 0.3) is 0 Å². The second-order valence-corrected chi connectivity index (χ2v) is 2.73. The molecule has 1 radical (unpaired) electrons. The van der Waals surface area contributed by atoms with Gasteiger partial charge in [-0.15, -0.1) is 0 Å². The zero-order valence-electron chi connectivity index (χ0n) is 7.00. The van der Waals surface area contributed by atoms with E-state index in [1.54, 1.807) is 4.90 Å². The predicted octanol–water partition coefficient (Wildman–Crippen LogP) is -0.0974. The molecule has 12 heavy (non-hydrogen) atoms. The first kappa shape index (κ1) is 7.27. The summed E-state index contributed by atoms with van der Waals surface area (Å²) < 4.78 is 0. The van der Waals surface area contributed by atoms with Gasteiger partial charge < -0.3 is 0 Å². The number of hydrogen-bond acceptors (Lipinski definition) is 4. The monoisotopic (exact) mass is 159 g/mol. The van der Waals surface area contributed by atoms with Gasteiger partial charge in [0.1, 0.15) is 0 Å². The molecule has 4 nitrogen and oxygen atoms in total. The molecule has 0 unspecified atom stereocenters. The zero-order valence-corrected chi connectivity index (χ0v) is 7.00. The van der Waals surface area contributed by atoms with Gasteiger partial charge in [0, 0.05) is 0 Å². The fourth-order valence-electron chi connectivity index (χ4n) is 1.19. The molecule has 0 saturated heterocycles. The molecule has 1 aromatic heterocycles. The molecule has 0 aromatic carbocycles. The first-order chi connectivity index (χ1) is 5.70. The van der Waals surface area contributed by atoms with Crippen molar-refractivity contribution in [3.63, 3.8) is 0 Å². The van der Waals surface area contributed by atoms with E-state index in [1.807, 2.05) is 14.0 Å². The molecule has 1 aliphatic rings. The minimum absolute atomic E-state index is 0.591. The standard InChI is InChI=1S/C7H8BN4/c1-4-5-6(10-3-9-4)12(2)7(8)11-5/h3,11H,1-2H3. The van der Waals surface area contributed by atoms with Gasteiger partial charge in [-0.25, -0.2) is 0 Å². The molecular weight excluding hydrogens is 151 g/mol. The number of fused-ring (bicyclic) bond motifs is 1. The minimum atomic E-state index is 0.591. The number of nitrogens with one attached hydrogen (secondary N) is 1. The number of hydrogen-bond donors (Lipinski definition) is 1. The summed E-state index contributed by atoms with van der Waals surface area (Å²) in [5, 5.41) is 3.01. The van der Waals surface area contributed by atoms with Crippen LogP contribution >= 0.6 is 0 Å². The van der Waals surface area contributed by atoms with E-state index in [1.165, 1.54) is 6.33 Å². The molecule has 0 saturated carbocycles. The summed E-state index contributed by atoms with van der Waals surface area (Å²) in [6, 6.07) is 0. The van der Waals surface area contributed by atoms with Gasteiger partial charge in [0.2, 0.25) is 0 Å².